The molecule has 0 unspecified atom stereocenters. The van der Waals surface area contributed by atoms with Crippen LogP contribution < -0.4 is 15.0 Å². The third-order valence-corrected chi connectivity index (χ3v) is 6.82. The third-order valence-electron chi connectivity index (χ3n) is 4.88. The Morgan fingerprint density at radius 1 is 1.26 bits per heavy atom. The van der Waals surface area contributed by atoms with Gasteiger partial charge in [0, 0.05) is 20.9 Å². The van der Waals surface area contributed by atoms with Crippen molar-refractivity contribution in [2.75, 3.05) is 20.8 Å². The molecule has 0 aliphatic rings. The van der Waals surface area contributed by atoms with Gasteiger partial charge in [-0.2, -0.15) is 9.78 Å². The lowest BCUT2D eigenvalue weighted by atomic mass is 10.2. The predicted molar refractivity (Wildman–Crippen MR) is 139 cm³/mol. The van der Waals surface area contributed by atoms with E-state index in [1.54, 1.807) is 18.2 Å². The zero-order valence-electron chi connectivity index (χ0n) is 18.7. The monoisotopic (exact) mass is 613 g/mol. The Bertz CT molecular complexity index is 1310. The van der Waals surface area contributed by atoms with Crippen LogP contribution >= 0.6 is 43.5 Å². The van der Waals surface area contributed by atoms with E-state index in [0.29, 0.717) is 33.2 Å². The summed E-state index contributed by atoms with van der Waals surface area (Å²) in [6.07, 6.45) is 3.90. The molecule has 0 bridgehead atoms. The van der Waals surface area contributed by atoms with Crippen molar-refractivity contribution >= 4 is 66.5 Å². The van der Waals surface area contributed by atoms with Crippen LogP contribution in [-0.4, -0.2) is 42.7 Å². The fraction of sp³-hybridized carbons (Fsp3) is 0.304. The average molecular weight is 616 g/mol. The number of fused-ring (bicyclic) bond motifs is 1. The van der Waals surface area contributed by atoms with E-state index in [9.17, 15) is 9.59 Å². The van der Waals surface area contributed by atoms with E-state index in [4.69, 9.17) is 21.1 Å². The molecule has 3 rings (SSSR count). The van der Waals surface area contributed by atoms with Crippen molar-refractivity contribution in [1.82, 2.24) is 9.66 Å². The number of halogens is 3. The summed E-state index contributed by atoms with van der Waals surface area (Å²) in [5, 5.41) is 5.08. The van der Waals surface area contributed by atoms with E-state index >= 15 is 0 Å². The Morgan fingerprint density at radius 2 is 2.03 bits per heavy atom. The normalized spacial score (nSPS) is 11.2. The first-order valence-corrected chi connectivity index (χ1v) is 12.3. The largest absolute Gasteiger partial charge is 0.493 e. The van der Waals surface area contributed by atoms with Gasteiger partial charge < -0.3 is 14.2 Å². The number of aromatic nitrogens is 2. The van der Waals surface area contributed by atoms with Crippen LogP contribution in [0.25, 0.3) is 10.9 Å². The summed E-state index contributed by atoms with van der Waals surface area (Å²) in [5.41, 5.74) is 0.875. The van der Waals surface area contributed by atoms with Gasteiger partial charge in [-0.15, -0.1) is 0 Å². The molecule has 2 aromatic carbocycles. The molecule has 34 heavy (non-hydrogen) atoms. The standard InChI is InChI=1S/C23H22Br2ClN3O5/c1-4-5-6-18-28-16-8-7-14(24)10-15(16)23(31)29(18)27-11-13-9-17(32-2)22(21(26)20(13)25)34-12-19(30)33-3/h7-11H,4-6,12H2,1-3H3. The number of ether oxygens (including phenoxy) is 3. The van der Waals surface area contributed by atoms with E-state index in [1.165, 1.54) is 25.1 Å². The molecule has 180 valence electrons. The van der Waals surface area contributed by atoms with E-state index in [1.807, 2.05) is 6.07 Å². The highest BCUT2D eigenvalue weighted by Gasteiger charge is 2.18. The zero-order chi connectivity index (χ0) is 24.8. The van der Waals surface area contributed by atoms with Crippen LogP contribution in [0.3, 0.4) is 0 Å². The number of esters is 1. The molecule has 0 amide bonds. The third kappa shape index (κ3) is 5.79. The molecular weight excluding hydrogens is 594 g/mol. The Hall–Kier alpha value is -2.43. The highest BCUT2D eigenvalue weighted by molar-refractivity contribution is 9.10. The van der Waals surface area contributed by atoms with Gasteiger partial charge in [-0.3, -0.25) is 4.79 Å². The number of unbranched alkanes of at least 4 members (excludes halogenated alkanes) is 1. The summed E-state index contributed by atoms with van der Waals surface area (Å²) in [6.45, 7) is 1.74. The maximum absolute atomic E-state index is 13.3. The molecule has 1 aromatic heterocycles. The van der Waals surface area contributed by atoms with Crippen molar-refractivity contribution in [1.29, 1.82) is 0 Å². The van der Waals surface area contributed by atoms with Crippen LogP contribution in [-0.2, 0) is 16.0 Å². The molecule has 3 aromatic rings. The van der Waals surface area contributed by atoms with Gasteiger partial charge in [0.2, 0.25) is 0 Å². The summed E-state index contributed by atoms with van der Waals surface area (Å²) in [4.78, 5) is 29.4. The predicted octanol–water partition coefficient (Wildman–Crippen LogP) is 5.36. The van der Waals surface area contributed by atoms with Crippen molar-refractivity contribution < 1.29 is 19.0 Å². The number of methoxy groups -OCH3 is 2. The number of hydrogen-bond donors (Lipinski definition) is 0. The summed E-state index contributed by atoms with van der Waals surface area (Å²) in [6, 6.07) is 7.01. The molecule has 0 N–H and O–H groups in total. The number of rotatable bonds is 9. The van der Waals surface area contributed by atoms with Gasteiger partial charge in [-0.05, 0) is 46.6 Å². The molecule has 0 atom stereocenters. The van der Waals surface area contributed by atoms with Gasteiger partial charge in [0.05, 0.1) is 31.3 Å². The minimum atomic E-state index is -0.561. The van der Waals surface area contributed by atoms with Crippen LogP contribution in [0.1, 0.15) is 31.2 Å². The Kier molecular flexibility index (Phi) is 9.10. The highest BCUT2D eigenvalue weighted by Crippen LogP contribution is 2.42. The van der Waals surface area contributed by atoms with E-state index in [0.717, 1.165) is 17.3 Å². The molecular formula is C23H22Br2ClN3O5. The van der Waals surface area contributed by atoms with Gasteiger partial charge >= 0.3 is 5.97 Å². The summed E-state index contributed by atoms with van der Waals surface area (Å²) >= 11 is 13.3. The van der Waals surface area contributed by atoms with Gasteiger partial charge in [0.25, 0.3) is 5.56 Å². The second-order valence-corrected chi connectivity index (χ2v) is 9.23. The van der Waals surface area contributed by atoms with Gasteiger partial charge in [-0.25, -0.2) is 9.78 Å². The van der Waals surface area contributed by atoms with Crippen LogP contribution in [0.4, 0.5) is 0 Å². The lowest BCUT2D eigenvalue weighted by Gasteiger charge is -2.14. The fourth-order valence-corrected chi connectivity index (χ4v) is 4.12. The van der Waals surface area contributed by atoms with Crippen molar-refractivity contribution in [3.8, 4) is 11.5 Å². The second kappa shape index (κ2) is 11.8. The van der Waals surface area contributed by atoms with Gasteiger partial charge in [-0.1, -0.05) is 40.9 Å². The van der Waals surface area contributed by atoms with Crippen LogP contribution in [0.5, 0.6) is 11.5 Å². The molecule has 0 aliphatic carbocycles. The Balaban J connectivity index is 2.08. The summed E-state index contributed by atoms with van der Waals surface area (Å²) < 4.78 is 18.0. The Labute approximate surface area is 218 Å². The van der Waals surface area contributed by atoms with E-state index < -0.39 is 5.97 Å². The topological polar surface area (TPSA) is 92.0 Å². The molecule has 8 nitrogen and oxygen atoms in total. The maximum atomic E-state index is 13.3. The smallest absolute Gasteiger partial charge is 0.343 e. The SMILES string of the molecule is CCCCc1nc2ccc(Br)cc2c(=O)n1N=Cc1cc(OC)c(OCC(=O)OC)c(Cl)c1Br. The van der Waals surface area contributed by atoms with Crippen LogP contribution in [0.2, 0.25) is 5.02 Å². The number of hydrogen-bond acceptors (Lipinski definition) is 7. The fourth-order valence-electron chi connectivity index (χ4n) is 3.11. The molecule has 11 heteroatoms. The first kappa shape index (κ1) is 26.2. The first-order chi connectivity index (χ1) is 16.3. The summed E-state index contributed by atoms with van der Waals surface area (Å²) in [5.74, 6) is 0.466. The van der Waals surface area contributed by atoms with E-state index in [-0.39, 0.29) is 28.7 Å². The molecule has 0 saturated carbocycles. The molecule has 1 heterocycles. The number of carbonyl (C=O) groups excluding carboxylic acids is 1. The molecule has 0 aliphatic heterocycles. The summed E-state index contributed by atoms with van der Waals surface area (Å²) in [7, 11) is 2.71. The van der Waals surface area contributed by atoms with Gasteiger partial charge in [0.15, 0.2) is 18.1 Å². The minimum Gasteiger partial charge on any atom is -0.493 e. The highest BCUT2D eigenvalue weighted by atomic mass is 79.9. The zero-order valence-corrected chi connectivity index (χ0v) is 22.7. The van der Waals surface area contributed by atoms with Crippen molar-refractivity contribution in [3.63, 3.8) is 0 Å². The number of carbonyl (C=O) groups is 1. The molecule has 0 saturated heterocycles. The second-order valence-electron chi connectivity index (χ2n) is 7.14. The van der Waals surface area contributed by atoms with Crippen molar-refractivity contribution in [2.24, 2.45) is 5.10 Å². The molecule has 0 radical (unpaired) electrons. The number of benzene rings is 2. The molecule has 0 fully saturated rings. The lowest BCUT2D eigenvalue weighted by Crippen LogP contribution is -2.22. The average Bonchev–Trinajstić information content (AvgIpc) is 2.84. The van der Waals surface area contributed by atoms with Gasteiger partial charge in [0.1, 0.15) is 10.8 Å². The van der Waals surface area contributed by atoms with Crippen LogP contribution in [0.15, 0.2) is 43.1 Å². The van der Waals surface area contributed by atoms with E-state index in [2.05, 4.69) is 53.6 Å². The molecule has 0 spiro atoms. The van der Waals surface area contributed by atoms with Crippen molar-refractivity contribution in [2.45, 2.75) is 26.2 Å². The number of aryl methyl sites for hydroxylation is 1. The Morgan fingerprint density at radius 3 is 2.71 bits per heavy atom. The number of nitrogens with zero attached hydrogens (tertiary/aromatic N) is 3. The van der Waals surface area contributed by atoms with Crippen LogP contribution in [0, 0.1) is 0 Å². The first-order valence-electron chi connectivity index (χ1n) is 10.3. The minimum absolute atomic E-state index is 0.177. The van der Waals surface area contributed by atoms with Crippen molar-refractivity contribution in [3.05, 3.63) is 60.0 Å². The maximum Gasteiger partial charge on any atom is 0.343 e. The quantitative estimate of drug-likeness (QED) is 0.238. The lowest BCUT2D eigenvalue weighted by molar-refractivity contribution is -0.142.